The van der Waals surface area contributed by atoms with Crippen LogP contribution in [0.5, 0.6) is 0 Å². The van der Waals surface area contributed by atoms with Crippen LogP contribution in [0, 0.1) is 37.8 Å². The van der Waals surface area contributed by atoms with E-state index < -0.39 is 16.4 Å². The van der Waals surface area contributed by atoms with Crippen LogP contribution in [0.4, 0.5) is 11.4 Å². The minimum absolute atomic E-state index is 0.105. The minimum Gasteiger partial charge on any atom is -0.397 e. The molecule has 0 aliphatic heterocycles. The Morgan fingerprint density at radius 3 is 1.89 bits per heavy atom. The van der Waals surface area contributed by atoms with E-state index in [1.807, 2.05) is 32.0 Å². The Balaban J connectivity index is 0.000000212. The number of aryl methyl sites for hydroxylation is 4. The van der Waals surface area contributed by atoms with Crippen LogP contribution in [0.2, 0.25) is 10.0 Å². The van der Waals surface area contributed by atoms with Crippen molar-refractivity contribution in [3.05, 3.63) is 120 Å². The smallest absolute Gasteiger partial charge is 0.300 e. The van der Waals surface area contributed by atoms with E-state index in [1.165, 1.54) is 18.5 Å². The van der Waals surface area contributed by atoms with E-state index >= 15 is 0 Å². The summed E-state index contributed by atoms with van der Waals surface area (Å²) in [6.07, 6.45) is 4.22. The van der Waals surface area contributed by atoms with E-state index in [-0.39, 0.29) is 22.2 Å². The van der Waals surface area contributed by atoms with Crippen LogP contribution in [0.15, 0.2) is 55.0 Å². The fourth-order valence-electron chi connectivity index (χ4n) is 3.83. The number of carbonyl (C=O) groups is 2. The second-order valence-electron chi connectivity index (χ2n) is 8.38. The van der Waals surface area contributed by atoms with E-state index in [1.54, 1.807) is 26.1 Å². The summed E-state index contributed by atoms with van der Waals surface area (Å²) in [5, 5.41) is 11.5. The van der Waals surface area contributed by atoms with Crippen molar-refractivity contribution in [1.29, 1.82) is 0 Å². The summed E-state index contributed by atoms with van der Waals surface area (Å²) in [7, 11) is 0. The molecule has 4 aromatic rings. The lowest BCUT2D eigenvalue weighted by atomic mass is 9.97. The molecule has 0 aliphatic carbocycles. The number of rotatable bonds is 5. The topological polar surface area (TPSA) is 142 Å². The van der Waals surface area contributed by atoms with Gasteiger partial charge in [-0.15, -0.1) is 0 Å². The summed E-state index contributed by atoms with van der Waals surface area (Å²) in [6, 6.07) is 10.0. The second kappa shape index (κ2) is 11.9. The summed E-state index contributed by atoms with van der Waals surface area (Å²) in [5.41, 5.74) is 9.68. The van der Waals surface area contributed by atoms with Crippen molar-refractivity contribution in [3.8, 4) is 0 Å². The molecule has 4 rings (SSSR count). The molecule has 0 saturated carbocycles. The first-order valence-electron chi connectivity index (χ1n) is 11.2. The number of anilines is 1. The molecule has 0 radical (unpaired) electrons. The summed E-state index contributed by atoms with van der Waals surface area (Å²) >= 11 is 11.5. The summed E-state index contributed by atoms with van der Waals surface area (Å²) in [5.74, 6) is -0.698. The zero-order chi connectivity index (χ0) is 28.1. The second-order valence-corrected chi connectivity index (χ2v) is 9.26. The highest BCUT2D eigenvalue weighted by atomic mass is 35.5. The average molecular weight is 552 g/mol. The molecule has 0 aliphatic rings. The Bertz CT molecular complexity index is 1530. The standard InChI is InChI=1S/C14H13ClN2O.C13H10ClN3O3/c1-8-4-3-5-9(2)12(8)14(18)13-11(16)6-10(15)7-17-13;1-7-3-4-15-8(2)11(7)13(18)12-10(17(19)20)5-9(14)6-16-12/h3-7H,16H2,1-2H3;3-6H,1-2H3. The fraction of sp³-hybridized carbons (Fsp3) is 0.148. The van der Waals surface area contributed by atoms with Gasteiger partial charge in [0, 0.05) is 41.5 Å². The molecule has 0 unspecified atom stereocenters. The van der Waals surface area contributed by atoms with Gasteiger partial charge in [-0.3, -0.25) is 24.7 Å². The first-order valence-corrected chi connectivity index (χ1v) is 12.0. The number of nitrogens with two attached hydrogens (primary N) is 1. The van der Waals surface area contributed by atoms with Gasteiger partial charge in [0.05, 0.1) is 20.7 Å². The lowest BCUT2D eigenvalue weighted by Crippen LogP contribution is -2.12. The van der Waals surface area contributed by atoms with E-state index in [4.69, 9.17) is 28.9 Å². The predicted molar refractivity (Wildman–Crippen MR) is 146 cm³/mol. The highest BCUT2D eigenvalue weighted by Crippen LogP contribution is 2.25. The molecule has 3 heterocycles. The van der Waals surface area contributed by atoms with Gasteiger partial charge in [-0.25, -0.2) is 9.97 Å². The van der Waals surface area contributed by atoms with E-state index in [0.717, 1.165) is 17.2 Å². The molecule has 0 fully saturated rings. The highest BCUT2D eigenvalue weighted by Gasteiger charge is 2.26. The zero-order valence-electron chi connectivity index (χ0n) is 21.0. The lowest BCUT2D eigenvalue weighted by Gasteiger charge is -2.09. The molecule has 0 bridgehead atoms. The number of nitrogens with zero attached hydrogens (tertiary/aromatic N) is 4. The molecule has 9 nitrogen and oxygen atoms in total. The Morgan fingerprint density at radius 2 is 1.34 bits per heavy atom. The van der Waals surface area contributed by atoms with Gasteiger partial charge in [0.2, 0.25) is 11.6 Å². The van der Waals surface area contributed by atoms with Gasteiger partial charge >= 0.3 is 0 Å². The maximum absolute atomic E-state index is 12.5. The number of hydrogen-bond donors (Lipinski definition) is 1. The zero-order valence-corrected chi connectivity index (χ0v) is 22.5. The van der Waals surface area contributed by atoms with Crippen LogP contribution in [0.1, 0.15) is 54.5 Å². The molecular formula is C27H23Cl2N5O4. The van der Waals surface area contributed by atoms with Crippen LogP contribution in [0.3, 0.4) is 0 Å². The van der Waals surface area contributed by atoms with Gasteiger partial charge in [-0.1, -0.05) is 41.4 Å². The van der Waals surface area contributed by atoms with Crippen molar-refractivity contribution in [3.63, 3.8) is 0 Å². The number of carbonyl (C=O) groups excluding carboxylic acids is 2. The van der Waals surface area contributed by atoms with Crippen LogP contribution in [0.25, 0.3) is 0 Å². The largest absolute Gasteiger partial charge is 0.397 e. The molecule has 11 heteroatoms. The monoisotopic (exact) mass is 551 g/mol. The number of aromatic nitrogens is 3. The summed E-state index contributed by atoms with van der Waals surface area (Å²) in [4.78, 5) is 47.1. The first-order chi connectivity index (χ1) is 17.9. The van der Waals surface area contributed by atoms with Crippen molar-refractivity contribution >= 4 is 46.1 Å². The summed E-state index contributed by atoms with van der Waals surface area (Å²) < 4.78 is 0. The SMILES string of the molecule is Cc1cccc(C)c1C(=O)c1ncc(Cl)cc1N.Cc1ccnc(C)c1C(=O)c1ncc(Cl)cc1[N+](=O)[O-]. The fourth-order valence-corrected chi connectivity index (χ4v) is 4.15. The number of hydrogen-bond acceptors (Lipinski definition) is 8. The quantitative estimate of drug-likeness (QED) is 0.179. The third kappa shape index (κ3) is 6.19. The van der Waals surface area contributed by atoms with Crippen molar-refractivity contribution in [1.82, 2.24) is 15.0 Å². The maximum atomic E-state index is 12.5. The number of pyridine rings is 3. The van der Waals surface area contributed by atoms with Gasteiger partial charge in [0.25, 0.3) is 5.69 Å². The molecule has 194 valence electrons. The highest BCUT2D eigenvalue weighted by molar-refractivity contribution is 6.31. The Hall–Kier alpha value is -4.21. The third-order valence-corrected chi connectivity index (χ3v) is 6.04. The van der Waals surface area contributed by atoms with Crippen LogP contribution < -0.4 is 5.73 Å². The molecule has 2 N–H and O–H groups in total. The van der Waals surface area contributed by atoms with Crippen molar-refractivity contribution in [2.45, 2.75) is 27.7 Å². The number of ketones is 2. The molecule has 0 amide bonds. The molecule has 0 spiro atoms. The van der Waals surface area contributed by atoms with Crippen LogP contribution in [-0.2, 0) is 0 Å². The Kier molecular flexibility index (Phi) is 8.88. The molecule has 3 aromatic heterocycles. The van der Waals surface area contributed by atoms with Gasteiger partial charge in [-0.05, 0) is 56.5 Å². The molecule has 38 heavy (non-hydrogen) atoms. The number of halogens is 2. The van der Waals surface area contributed by atoms with E-state index in [0.29, 0.717) is 33.1 Å². The van der Waals surface area contributed by atoms with Crippen LogP contribution in [-0.4, -0.2) is 31.4 Å². The number of nitrogen functional groups attached to an aromatic ring is 1. The Labute approximate surface area is 228 Å². The van der Waals surface area contributed by atoms with E-state index in [9.17, 15) is 19.7 Å². The first kappa shape index (κ1) is 28.4. The van der Waals surface area contributed by atoms with Crippen molar-refractivity contribution in [2.75, 3.05) is 5.73 Å². The lowest BCUT2D eigenvalue weighted by molar-refractivity contribution is -0.385. The minimum atomic E-state index is -0.673. The number of benzene rings is 1. The molecular weight excluding hydrogens is 529 g/mol. The maximum Gasteiger partial charge on any atom is 0.300 e. The van der Waals surface area contributed by atoms with Gasteiger partial charge in [0.15, 0.2) is 5.69 Å². The molecule has 0 atom stereocenters. The third-order valence-electron chi connectivity index (χ3n) is 5.63. The summed E-state index contributed by atoms with van der Waals surface area (Å²) in [6.45, 7) is 7.20. The van der Waals surface area contributed by atoms with Crippen molar-refractivity contribution < 1.29 is 14.5 Å². The van der Waals surface area contributed by atoms with Crippen molar-refractivity contribution in [2.24, 2.45) is 0 Å². The Morgan fingerprint density at radius 1 is 0.816 bits per heavy atom. The van der Waals surface area contributed by atoms with Gasteiger partial charge in [-0.2, -0.15) is 0 Å². The van der Waals surface area contributed by atoms with Gasteiger partial charge < -0.3 is 5.73 Å². The predicted octanol–water partition coefficient (Wildman–Crippen LogP) is 6.05. The van der Waals surface area contributed by atoms with E-state index in [2.05, 4.69) is 15.0 Å². The number of nitro groups is 1. The molecule has 0 saturated heterocycles. The molecule has 1 aromatic carbocycles. The normalized spacial score (nSPS) is 10.4. The van der Waals surface area contributed by atoms with Gasteiger partial charge in [0.1, 0.15) is 5.69 Å². The van der Waals surface area contributed by atoms with Crippen LogP contribution >= 0.6 is 23.2 Å². The average Bonchev–Trinajstić information content (AvgIpc) is 2.84.